The van der Waals surface area contributed by atoms with Gasteiger partial charge >= 0.3 is 12.1 Å². The summed E-state index contributed by atoms with van der Waals surface area (Å²) in [7, 11) is 0. The van der Waals surface area contributed by atoms with Crippen molar-refractivity contribution in [3.63, 3.8) is 0 Å². The van der Waals surface area contributed by atoms with Crippen LogP contribution in [-0.4, -0.2) is 27.2 Å². The first-order valence-electron chi connectivity index (χ1n) is 9.43. The minimum atomic E-state index is -4.74. The van der Waals surface area contributed by atoms with E-state index in [1.165, 1.54) is 33.3 Å². The van der Waals surface area contributed by atoms with E-state index >= 15 is 0 Å². The van der Waals surface area contributed by atoms with Gasteiger partial charge in [-0.05, 0) is 54.4 Å². The van der Waals surface area contributed by atoms with E-state index in [0.717, 1.165) is 5.56 Å². The molecule has 0 N–H and O–H groups in total. The average molecular weight is 429 g/mol. The Morgan fingerprint density at radius 1 is 0.903 bits per heavy atom. The molecule has 0 bridgehead atoms. The number of ether oxygens (including phenoxy) is 2. The van der Waals surface area contributed by atoms with Gasteiger partial charge in [0.25, 0.3) is 0 Å². The lowest BCUT2D eigenvalue weighted by Crippen LogP contribution is -2.24. The largest absolute Gasteiger partial charge is 0.573 e. The Kier molecular flexibility index (Phi) is 5.41. The van der Waals surface area contributed by atoms with E-state index in [-0.39, 0.29) is 24.6 Å². The summed E-state index contributed by atoms with van der Waals surface area (Å²) >= 11 is 0. The zero-order valence-electron chi connectivity index (χ0n) is 16.5. The number of nitrogens with zero attached hydrogens (tertiary/aromatic N) is 3. The van der Waals surface area contributed by atoms with Gasteiger partial charge in [-0.3, -0.25) is 0 Å². The first-order valence-corrected chi connectivity index (χ1v) is 9.43. The fourth-order valence-electron chi connectivity index (χ4n) is 3.07. The van der Waals surface area contributed by atoms with Crippen molar-refractivity contribution in [3.05, 3.63) is 82.9 Å². The predicted octanol–water partition coefficient (Wildman–Crippen LogP) is 4.45. The molecule has 31 heavy (non-hydrogen) atoms. The van der Waals surface area contributed by atoms with Gasteiger partial charge in [0.05, 0.1) is 6.54 Å². The molecule has 160 valence electrons. The Bertz CT molecular complexity index is 1240. The fraction of sp³-hybridized carbons (Fsp3) is 0.182. The van der Waals surface area contributed by atoms with Gasteiger partial charge in [0.2, 0.25) is 0 Å². The number of alkyl halides is 3. The van der Waals surface area contributed by atoms with Gasteiger partial charge in [0, 0.05) is 6.20 Å². The van der Waals surface area contributed by atoms with Crippen LogP contribution < -0.4 is 15.2 Å². The van der Waals surface area contributed by atoms with Crippen molar-refractivity contribution in [2.24, 2.45) is 0 Å². The monoisotopic (exact) mass is 429 g/mol. The van der Waals surface area contributed by atoms with E-state index in [1.54, 1.807) is 18.3 Å². The second-order valence-electron chi connectivity index (χ2n) is 6.89. The standard InChI is InChI=1S/C22H18F3N3O3/c1-15-2-7-18(8-3-15)30-13-12-28-21(29)27-14-17(6-11-20(27)26-28)16-4-9-19(10-5-16)31-22(23,24)25/h2-11,14H,12-13H2,1H3. The van der Waals surface area contributed by atoms with E-state index in [2.05, 4.69) is 9.84 Å². The van der Waals surface area contributed by atoms with Crippen LogP contribution in [0.5, 0.6) is 11.5 Å². The van der Waals surface area contributed by atoms with E-state index in [4.69, 9.17) is 4.74 Å². The van der Waals surface area contributed by atoms with Crippen molar-refractivity contribution in [3.8, 4) is 22.6 Å². The van der Waals surface area contributed by atoms with Gasteiger partial charge in [-0.15, -0.1) is 18.3 Å². The number of hydrogen-bond donors (Lipinski definition) is 0. The van der Waals surface area contributed by atoms with Crippen molar-refractivity contribution in [1.82, 2.24) is 14.2 Å². The topological polar surface area (TPSA) is 57.8 Å². The second-order valence-corrected chi connectivity index (χ2v) is 6.89. The zero-order valence-corrected chi connectivity index (χ0v) is 16.5. The highest BCUT2D eigenvalue weighted by Crippen LogP contribution is 2.26. The van der Waals surface area contributed by atoms with Crippen LogP contribution in [0.25, 0.3) is 16.8 Å². The van der Waals surface area contributed by atoms with Crippen molar-refractivity contribution in [2.75, 3.05) is 6.61 Å². The van der Waals surface area contributed by atoms with E-state index < -0.39 is 6.36 Å². The highest BCUT2D eigenvalue weighted by Gasteiger charge is 2.30. The van der Waals surface area contributed by atoms with Crippen molar-refractivity contribution in [1.29, 1.82) is 0 Å². The molecule has 2 aromatic carbocycles. The molecule has 9 heteroatoms. The Labute approximate surface area is 175 Å². The number of aromatic nitrogens is 3. The third-order valence-electron chi connectivity index (χ3n) is 4.59. The molecule has 4 rings (SSSR count). The molecule has 0 aliphatic carbocycles. The first kappa shape index (κ1) is 20.5. The second kappa shape index (κ2) is 8.17. The van der Waals surface area contributed by atoms with Crippen molar-refractivity contribution in [2.45, 2.75) is 19.8 Å². The van der Waals surface area contributed by atoms with Crippen LogP contribution in [0.1, 0.15) is 5.56 Å². The van der Waals surface area contributed by atoms with E-state index in [1.807, 2.05) is 31.2 Å². The smallest absolute Gasteiger partial charge is 0.492 e. The number of benzene rings is 2. The van der Waals surface area contributed by atoms with Crippen LogP contribution in [-0.2, 0) is 6.54 Å². The molecule has 0 atom stereocenters. The average Bonchev–Trinajstić information content (AvgIpc) is 3.04. The molecule has 0 unspecified atom stereocenters. The van der Waals surface area contributed by atoms with Gasteiger partial charge < -0.3 is 9.47 Å². The SMILES string of the molecule is Cc1ccc(OCCn2nc3ccc(-c4ccc(OC(F)(F)F)cc4)cn3c2=O)cc1. The van der Waals surface area contributed by atoms with Crippen LogP contribution in [0.2, 0.25) is 0 Å². The molecular formula is C22H18F3N3O3. The summed E-state index contributed by atoms with van der Waals surface area (Å²) in [6, 6.07) is 16.5. The minimum Gasteiger partial charge on any atom is -0.492 e. The number of halogens is 3. The molecule has 0 saturated heterocycles. The maximum atomic E-state index is 12.7. The summed E-state index contributed by atoms with van der Waals surface area (Å²) in [5, 5.41) is 4.29. The van der Waals surface area contributed by atoms with Crippen LogP contribution in [0.3, 0.4) is 0 Å². The molecule has 2 heterocycles. The molecule has 0 aliphatic rings. The Morgan fingerprint density at radius 3 is 2.23 bits per heavy atom. The van der Waals surface area contributed by atoms with Crippen molar-refractivity contribution < 1.29 is 22.6 Å². The summed E-state index contributed by atoms with van der Waals surface area (Å²) in [6.07, 6.45) is -3.15. The summed E-state index contributed by atoms with van der Waals surface area (Å²) in [6.45, 7) is 2.53. The molecule has 0 aliphatic heterocycles. The number of hydrogen-bond acceptors (Lipinski definition) is 4. The number of fused-ring (bicyclic) bond motifs is 1. The molecule has 0 saturated carbocycles. The van der Waals surface area contributed by atoms with Gasteiger partial charge in [0.15, 0.2) is 5.65 Å². The van der Waals surface area contributed by atoms with Crippen LogP contribution in [0.15, 0.2) is 71.7 Å². The number of pyridine rings is 1. The van der Waals surface area contributed by atoms with Crippen LogP contribution in [0, 0.1) is 6.92 Å². The Balaban J connectivity index is 1.50. The first-order chi connectivity index (χ1) is 14.8. The lowest BCUT2D eigenvalue weighted by molar-refractivity contribution is -0.274. The normalized spacial score (nSPS) is 11.6. The lowest BCUT2D eigenvalue weighted by Gasteiger charge is -2.09. The van der Waals surface area contributed by atoms with Gasteiger partial charge in [-0.2, -0.15) is 0 Å². The molecule has 6 nitrogen and oxygen atoms in total. The molecule has 4 aromatic rings. The van der Waals surface area contributed by atoms with Crippen LogP contribution >= 0.6 is 0 Å². The maximum Gasteiger partial charge on any atom is 0.573 e. The fourth-order valence-corrected chi connectivity index (χ4v) is 3.07. The van der Waals surface area contributed by atoms with E-state index in [0.29, 0.717) is 22.5 Å². The summed E-state index contributed by atoms with van der Waals surface area (Å²) in [4.78, 5) is 12.7. The molecular weight excluding hydrogens is 411 g/mol. The van der Waals surface area contributed by atoms with Gasteiger partial charge in [0.1, 0.15) is 18.1 Å². The summed E-state index contributed by atoms with van der Waals surface area (Å²) in [5.41, 5.74) is 2.55. The van der Waals surface area contributed by atoms with E-state index in [9.17, 15) is 18.0 Å². The Morgan fingerprint density at radius 2 is 1.55 bits per heavy atom. The quantitative estimate of drug-likeness (QED) is 0.455. The minimum absolute atomic E-state index is 0.271. The third kappa shape index (κ3) is 4.88. The molecule has 0 amide bonds. The third-order valence-corrected chi connectivity index (χ3v) is 4.59. The van der Waals surface area contributed by atoms with Crippen molar-refractivity contribution >= 4 is 5.65 Å². The lowest BCUT2D eigenvalue weighted by atomic mass is 10.1. The predicted molar refractivity (Wildman–Crippen MR) is 108 cm³/mol. The maximum absolute atomic E-state index is 12.7. The van der Waals surface area contributed by atoms with Gasteiger partial charge in [-0.1, -0.05) is 29.8 Å². The zero-order chi connectivity index (χ0) is 22.0. The molecule has 0 fully saturated rings. The summed E-state index contributed by atoms with van der Waals surface area (Å²) in [5.74, 6) is 0.401. The van der Waals surface area contributed by atoms with Crippen LogP contribution in [0.4, 0.5) is 13.2 Å². The van der Waals surface area contributed by atoms with Gasteiger partial charge in [-0.25, -0.2) is 13.9 Å². The molecule has 0 spiro atoms. The Hall–Kier alpha value is -3.75. The molecule has 0 radical (unpaired) electrons. The highest BCUT2D eigenvalue weighted by atomic mass is 19.4. The number of rotatable bonds is 6. The summed E-state index contributed by atoms with van der Waals surface area (Å²) < 4.78 is 49.2. The highest BCUT2D eigenvalue weighted by molar-refractivity contribution is 5.65. The number of aryl methyl sites for hydroxylation is 1. The molecule has 2 aromatic heterocycles.